The zero-order valence-corrected chi connectivity index (χ0v) is 27.9. The van der Waals surface area contributed by atoms with Gasteiger partial charge in [0.1, 0.15) is 6.10 Å². The highest BCUT2D eigenvalue weighted by molar-refractivity contribution is 7.81. The molecule has 15 heteroatoms. The maximum Gasteiger partial charge on any atom is 0.397 e. The normalized spacial score (nSPS) is 17.4. The standard InChI is InChI=1S/C24H45Cl5O8S2/c1-2-3-4-8-13-16-21(27)23(29)24(37-39(33,34)35)22(28)17-19(25)14-11-9-6-5-7-10-12-15-20(26)18-36-38(30,31)32/h19-24H,2-18H2,1H3,(H,30,31,32)(H,33,34,35). The third-order valence-electron chi connectivity index (χ3n) is 6.25. The molecule has 8 nitrogen and oxygen atoms in total. The Morgan fingerprint density at radius 3 is 1.56 bits per heavy atom. The van der Waals surface area contributed by atoms with Crippen LogP contribution in [-0.2, 0) is 29.2 Å². The summed E-state index contributed by atoms with van der Waals surface area (Å²) in [6.07, 6.45) is 12.8. The lowest BCUT2D eigenvalue weighted by Gasteiger charge is -2.29. The average Bonchev–Trinajstić information content (AvgIpc) is 2.83. The van der Waals surface area contributed by atoms with Crippen molar-refractivity contribution in [2.75, 3.05) is 6.61 Å². The molecule has 0 fully saturated rings. The Morgan fingerprint density at radius 1 is 0.615 bits per heavy atom. The molecule has 0 rings (SSSR count). The topological polar surface area (TPSA) is 127 Å². The molecule has 0 aromatic carbocycles. The summed E-state index contributed by atoms with van der Waals surface area (Å²) in [6.45, 7) is 1.88. The van der Waals surface area contributed by atoms with Crippen molar-refractivity contribution in [3.05, 3.63) is 0 Å². The second-order valence-corrected chi connectivity index (χ2v) is 14.9. The lowest BCUT2D eigenvalue weighted by molar-refractivity contribution is 0.165. The number of hydrogen-bond donors (Lipinski definition) is 2. The molecule has 0 aliphatic heterocycles. The van der Waals surface area contributed by atoms with E-state index in [1.54, 1.807) is 0 Å². The van der Waals surface area contributed by atoms with Crippen molar-refractivity contribution < 1.29 is 34.3 Å². The number of unbranched alkanes of at least 4 members (excludes halogenated alkanes) is 10. The molecule has 0 aliphatic carbocycles. The third-order valence-corrected chi connectivity index (χ3v) is 9.48. The highest BCUT2D eigenvalue weighted by Crippen LogP contribution is 2.30. The maximum absolute atomic E-state index is 11.4. The fraction of sp³-hybridized carbons (Fsp3) is 1.00. The molecule has 0 radical (unpaired) electrons. The summed E-state index contributed by atoms with van der Waals surface area (Å²) >= 11 is 31.8. The van der Waals surface area contributed by atoms with Crippen molar-refractivity contribution in [1.29, 1.82) is 0 Å². The Bertz CT molecular complexity index is 819. The Labute approximate surface area is 261 Å². The first-order chi connectivity index (χ1) is 18.2. The van der Waals surface area contributed by atoms with Gasteiger partial charge in [-0.05, 0) is 25.7 Å². The first-order valence-corrected chi connectivity index (χ1v) is 18.5. The van der Waals surface area contributed by atoms with E-state index < -0.39 is 48.4 Å². The van der Waals surface area contributed by atoms with E-state index in [2.05, 4.69) is 11.1 Å². The van der Waals surface area contributed by atoms with Crippen LogP contribution in [0.5, 0.6) is 0 Å². The second kappa shape index (κ2) is 22.7. The molecular weight excluding hydrogens is 658 g/mol. The SMILES string of the molecule is CCCCCCCC(Cl)C(Cl)C(OS(=O)(=O)O)C(Cl)CC(Cl)CCCCCCCCCC(Cl)COS(=O)(=O)O. The summed E-state index contributed by atoms with van der Waals surface area (Å²) in [4.78, 5) is 0. The molecule has 0 aromatic heterocycles. The van der Waals surface area contributed by atoms with Crippen LogP contribution in [0.1, 0.15) is 110 Å². The Kier molecular flexibility index (Phi) is 23.4. The molecule has 0 bridgehead atoms. The molecule has 2 N–H and O–H groups in total. The summed E-state index contributed by atoms with van der Waals surface area (Å²) in [5, 5.41) is -3.14. The molecular formula is C24H45Cl5O8S2. The average molecular weight is 703 g/mol. The molecule has 6 atom stereocenters. The molecule has 0 saturated carbocycles. The zero-order chi connectivity index (χ0) is 29.9. The highest BCUT2D eigenvalue weighted by atomic mass is 35.5. The molecule has 236 valence electrons. The van der Waals surface area contributed by atoms with Crippen molar-refractivity contribution in [3.8, 4) is 0 Å². The van der Waals surface area contributed by atoms with Crippen LogP contribution >= 0.6 is 58.0 Å². The second-order valence-electron chi connectivity index (χ2n) is 9.86. The van der Waals surface area contributed by atoms with Gasteiger partial charge in [-0.2, -0.15) is 16.8 Å². The van der Waals surface area contributed by atoms with Crippen LogP contribution in [-0.4, -0.2) is 65.5 Å². The lowest BCUT2D eigenvalue weighted by Crippen LogP contribution is -2.41. The Hall–Kier alpha value is 1.19. The van der Waals surface area contributed by atoms with Gasteiger partial charge in [-0.25, -0.2) is 8.37 Å². The van der Waals surface area contributed by atoms with E-state index in [1.807, 2.05) is 0 Å². The van der Waals surface area contributed by atoms with Crippen LogP contribution in [0.4, 0.5) is 0 Å². The van der Waals surface area contributed by atoms with E-state index in [-0.39, 0.29) is 18.4 Å². The van der Waals surface area contributed by atoms with Gasteiger partial charge in [0.05, 0.1) is 28.1 Å². The van der Waals surface area contributed by atoms with Gasteiger partial charge in [0.2, 0.25) is 0 Å². The van der Waals surface area contributed by atoms with Gasteiger partial charge in [0, 0.05) is 5.38 Å². The minimum Gasteiger partial charge on any atom is -0.264 e. The van der Waals surface area contributed by atoms with Gasteiger partial charge in [-0.3, -0.25) is 9.11 Å². The first-order valence-electron chi connectivity index (χ1n) is 13.6. The number of hydrogen-bond acceptors (Lipinski definition) is 6. The summed E-state index contributed by atoms with van der Waals surface area (Å²) in [5.74, 6) is 0. The van der Waals surface area contributed by atoms with E-state index in [4.69, 9.17) is 66.7 Å². The number of rotatable bonds is 26. The maximum atomic E-state index is 11.4. The Morgan fingerprint density at radius 2 is 1.08 bits per heavy atom. The molecule has 39 heavy (non-hydrogen) atoms. The van der Waals surface area contributed by atoms with Crippen LogP contribution in [0, 0.1) is 0 Å². The molecule has 0 aromatic rings. The largest absolute Gasteiger partial charge is 0.397 e. The van der Waals surface area contributed by atoms with Crippen LogP contribution in [0.2, 0.25) is 0 Å². The fourth-order valence-corrected chi connectivity index (χ4v) is 6.99. The minimum absolute atomic E-state index is 0.244. The van der Waals surface area contributed by atoms with Crippen LogP contribution in [0.25, 0.3) is 0 Å². The van der Waals surface area contributed by atoms with Crippen LogP contribution in [0.15, 0.2) is 0 Å². The van der Waals surface area contributed by atoms with Crippen molar-refractivity contribution in [2.45, 2.75) is 143 Å². The van der Waals surface area contributed by atoms with Crippen molar-refractivity contribution >= 4 is 78.8 Å². The fourth-order valence-electron chi connectivity index (χ4n) is 4.12. The lowest BCUT2D eigenvalue weighted by atomic mass is 10.00. The molecule has 6 unspecified atom stereocenters. The molecule has 0 amide bonds. The molecule has 0 saturated heterocycles. The van der Waals surface area contributed by atoms with E-state index in [0.717, 1.165) is 77.0 Å². The van der Waals surface area contributed by atoms with Crippen molar-refractivity contribution in [3.63, 3.8) is 0 Å². The third kappa shape index (κ3) is 24.3. The van der Waals surface area contributed by atoms with Gasteiger partial charge in [0.15, 0.2) is 0 Å². The van der Waals surface area contributed by atoms with E-state index in [9.17, 15) is 21.4 Å². The molecule has 0 aliphatic rings. The van der Waals surface area contributed by atoms with Crippen molar-refractivity contribution in [2.24, 2.45) is 0 Å². The van der Waals surface area contributed by atoms with E-state index >= 15 is 0 Å². The summed E-state index contributed by atoms with van der Waals surface area (Å²) in [5.41, 5.74) is 0. The first kappa shape index (κ1) is 40.2. The van der Waals surface area contributed by atoms with E-state index in [1.165, 1.54) is 0 Å². The highest BCUT2D eigenvalue weighted by Gasteiger charge is 2.36. The smallest absolute Gasteiger partial charge is 0.264 e. The van der Waals surface area contributed by atoms with Gasteiger partial charge >= 0.3 is 20.8 Å². The van der Waals surface area contributed by atoms with Gasteiger partial charge in [0.25, 0.3) is 0 Å². The minimum atomic E-state index is -4.78. The zero-order valence-electron chi connectivity index (χ0n) is 22.5. The quantitative estimate of drug-likeness (QED) is 0.0524. The molecule has 0 spiro atoms. The number of halogens is 5. The van der Waals surface area contributed by atoms with Gasteiger partial charge in [-0.15, -0.1) is 58.0 Å². The van der Waals surface area contributed by atoms with Crippen LogP contribution in [0.3, 0.4) is 0 Å². The van der Waals surface area contributed by atoms with Gasteiger partial charge in [-0.1, -0.05) is 84.0 Å². The molecule has 0 heterocycles. The monoisotopic (exact) mass is 700 g/mol. The summed E-state index contributed by atoms with van der Waals surface area (Å²) < 4.78 is 70.8. The Balaban J connectivity index is 4.28. The van der Waals surface area contributed by atoms with E-state index in [0.29, 0.717) is 19.3 Å². The van der Waals surface area contributed by atoms with Gasteiger partial charge < -0.3 is 0 Å². The predicted molar refractivity (Wildman–Crippen MR) is 162 cm³/mol. The summed E-state index contributed by atoms with van der Waals surface area (Å²) in [7, 11) is -9.24. The van der Waals surface area contributed by atoms with Crippen LogP contribution < -0.4 is 0 Å². The summed E-state index contributed by atoms with van der Waals surface area (Å²) in [6, 6.07) is 0. The predicted octanol–water partition coefficient (Wildman–Crippen LogP) is 8.29. The van der Waals surface area contributed by atoms with Crippen molar-refractivity contribution in [1.82, 2.24) is 0 Å². The number of alkyl halides is 5.